The van der Waals surface area contributed by atoms with E-state index < -0.39 is 5.82 Å². The monoisotopic (exact) mass is 302 g/mol. The van der Waals surface area contributed by atoms with Gasteiger partial charge in [0.25, 0.3) is 0 Å². The van der Waals surface area contributed by atoms with Gasteiger partial charge in [-0.05, 0) is 6.42 Å². The molecule has 22 heavy (non-hydrogen) atoms. The molecule has 2 saturated heterocycles. The van der Waals surface area contributed by atoms with Gasteiger partial charge in [0, 0.05) is 32.3 Å². The number of carbonyl (C=O) groups is 1. The van der Waals surface area contributed by atoms with E-state index in [-0.39, 0.29) is 11.9 Å². The summed E-state index contributed by atoms with van der Waals surface area (Å²) in [7, 11) is 0. The first-order chi connectivity index (χ1) is 10.7. The van der Waals surface area contributed by atoms with E-state index >= 15 is 0 Å². The van der Waals surface area contributed by atoms with Gasteiger partial charge in [0.2, 0.25) is 5.91 Å². The third-order valence-electron chi connectivity index (χ3n) is 4.16. The van der Waals surface area contributed by atoms with Crippen molar-refractivity contribution in [1.29, 1.82) is 0 Å². The number of amides is 1. The Kier molecular flexibility index (Phi) is 3.02. The normalized spacial score (nSPS) is 18.9. The van der Waals surface area contributed by atoms with Crippen LogP contribution < -0.4 is 9.80 Å². The van der Waals surface area contributed by atoms with Crippen LogP contribution >= 0.6 is 0 Å². The lowest BCUT2D eigenvalue weighted by atomic mass is 10.1. The van der Waals surface area contributed by atoms with Gasteiger partial charge >= 0.3 is 0 Å². The summed E-state index contributed by atoms with van der Waals surface area (Å²) >= 11 is 0. The first-order valence-electron chi connectivity index (χ1n) is 7.27. The Morgan fingerprint density at radius 1 is 1.27 bits per heavy atom. The van der Waals surface area contributed by atoms with Crippen molar-refractivity contribution in [2.24, 2.45) is 0 Å². The fraction of sp³-hybridized carbons (Fsp3) is 0.429. The predicted octanol–water partition coefficient (Wildman–Crippen LogP) is 1.00. The van der Waals surface area contributed by atoms with Crippen LogP contribution in [0.25, 0.3) is 0 Å². The van der Waals surface area contributed by atoms with E-state index in [9.17, 15) is 9.18 Å². The molecular weight excluding hydrogens is 287 g/mol. The summed E-state index contributed by atoms with van der Waals surface area (Å²) in [6.45, 7) is 2.04. The maximum atomic E-state index is 13.6. The highest BCUT2D eigenvalue weighted by atomic mass is 19.1. The zero-order valence-electron chi connectivity index (χ0n) is 11.9. The van der Waals surface area contributed by atoms with Crippen molar-refractivity contribution in [3.8, 4) is 0 Å². The number of halogens is 1. The number of anilines is 2. The van der Waals surface area contributed by atoms with Gasteiger partial charge < -0.3 is 9.80 Å². The summed E-state index contributed by atoms with van der Waals surface area (Å²) in [5.41, 5.74) is 0.842. The molecule has 0 aromatic carbocycles. The largest absolute Gasteiger partial charge is 0.350 e. The zero-order valence-corrected chi connectivity index (χ0v) is 11.9. The zero-order chi connectivity index (χ0) is 15.1. The SMILES string of the molecule is O=C1CCCN1c1cnn(C2CN(c3ncncc3F)C2)c1. The van der Waals surface area contributed by atoms with E-state index in [2.05, 4.69) is 15.1 Å². The van der Waals surface area contributed by atoms with Gasteiger partial charge in [0.1, 0.15) is 6.33 Å². The fourth-order valence-corrected chi connectivity index (χ4v) is 2.92. The highest BCUT2D eigenvalue weighted by Crippen LogP contribution is 2.29. The first kappa shape index (κ1) is 13.2. The Balaban J connectivity index is 1.44. The highest BCUT2D eigenvalue weighted by molar-refractivity contribution is 5.95. The average Bonchev–Trinajstić information content (AvgIpc) is 3.08. The molecule has 4 rings (SSSR count). The van der Waals surface area contributed by atoms with Gasteiger partial charge in [-0.1, -0.05) is 0 Å². The summed E-state index contributed by atoms with van der Waals surface area (Å²) in [6.07, 6.45) is 7.62. The molecule has 1 amide bonds. The van der Waals surface area contributed by atoms with Crippen LogP contribution in [0.15, 0.2) is 24.9 Å². The summed E-state index contributed by atoms with van der Waals surface area (Å²) in [5, 5.41) is 4.34. The number of rotatable bonds is 3. The second kappa shape index (κ2) is 5.04. The van der Waals surface area contributed by atoms with Gasteiger partial charge in [-0.3, -0.25) is 9.48 Å². The highest BCUT2D eigenvalue weighted by Gasteiger charge is 2.32. The van der Waals surface area contributed by atoms with Crippen LogP contribution in [-0.4, -0.2) is 45.3 Å². The van der Waals surface area contributed by atoms with Crippen LogP contribution in [0.2, 0.25) is 0 Å². The van der Waals surface area contributed by atoms with Crippen molar-refractivity contribution < 1.29 is 9.18 Å². The van der Waals surface area contributed by atoms with Crippen molar-refractivity contribution in [2.45, 2.75) is 18.9 Å². The number of hydrogen-bond acceptors (Lipinski definition) is 5. The molecule has 2 aromatic heterocycles. The molecule has 8 heteroatoms. The van der Waals surface area contributed by atoms with E-state index in [1.165, 1.54) is 12.5 Å². The van der Waals surface area contributed by atoms with Crippen molar-refractivity contribution >= 4 is 17.4 Å². The van der Waals surface area contributed by atoms with Gasteiger partial charge in [0.15, 0.2) is 11.6 Å². The minimum absolute atomic E-state index is 0.151. The summed E-state index contributed by atoms with van der Waals surface area (Å²) in [5.74, 6) is 0.0657. The van der Waals surface area contributed by atoms with Gasteiger partial charge in [-0.15, -0.1) is 0 Å². The summed E-state index contributed by atoms with van der Waals surface area (Å²) in [6, 6.07) is 0.167. The number of nitrogens with zero attached hydrogens (tertiary/aromatic N) is 6. The Bertz CT molecular complexity index is 711. The molecule has 0 radical (unpaired) electrons. The second-order valence-electron chi connectivity index (χ2n) is 5.58. The van der Waals surface area contributed by atoms with E-state index in [1.807, 2.05) is 15.8 Å². The maximum absolute atomic E-state index is 13.6. The minimum atomic E-state index is -0.412. The summed E-state index contributed by atoms with van der Waals surface area (Å²) in [4.78, 5) is 23.0. The fourth-order valence-electron chi connectivity index (χ4n) is 2.92. The molecule has 0 spiro atoms. The smallest absolute Gasteiger partial charge is 0.227 e. The van der Waals surface area contributed by atoms with E-state index in [4.69, 9.17) is 0 Å². The lowest BCUT2D eigenvalue weighted by Gasteiger charge is -2.39. The average molecular weight is 302 g/mol. The Labute approximate surface area is 126 Å². The Morgan fingerprint density at radius 3 is 2.86 bits per heavy atom. The molecular formula is C14H15FN6O. The van der Waals surface area contributed by atoms with Crippen LogP contribution in [0.5, 0.6) is 0 Å². The molecule has 0 bridgehead atoms. The number of hydrogen-bond donors (Lipinski definition) is 0. The summed E-state index contributed by atoms with van der Waals surface area (Å²) < 4.78 is 15.5. The number of carbonyl (C=O) groups excluding carboxylic acids is 1. The molecule has 0 atom stereocenters. The number of aromatic nitrogens is 4. The van der Waals surface area contributed by atoms with Gasteiger partial charge in [-0.25, -0.2) is 14.4 Å². The van der Waals surface area contributed by atoms with E-state index in [0.29, 0.717) is 25.3 Å². The molecule has 4 heterocycles. The predicted molar refractivity (Wildman–Crippen MR) is 77.1 cm³/mol. The molecule has 7 nitrogen and oxygen atoms in total. The van der Waals surface area contributed by atoms with Crippen molar-refractivity contribution in [3.05, 3.63) is 30.7 Å². The van der Waals surface area contributed by atoms with Gasteiger partial charge in [0.05, 0.1) is 24.1 Å². The minimum Gasteiger partial charge on any atom is -0.350 e. The van der Waals surface area contributed by atoms with Crippen LogP contribution in [0.1, 0.15) is 18.9 Å². The Morgan fingerprint density at radius 2 is 2.14 bits per heavy atom. The topological polar surface area (TPSA) is 67.2 Å². The first-order valence-corrected chi connectivity index (χ1v) is 7.27. The lowest BCUT2D eigenvalue weighted by Crippen LogP contribution is -2.48. The molecule has 0 saturated carbocycles. The molecule has 0 N–H and O–H groups in total. The molecule has 2 aliphatic heterocycles. The maximum Gasteiger partial charge on any atom is 0.227 e. The van der Waals surface area contributed by atoms with Crippen LogP contribution in [0, 0.1) is 5.82 Å². The lowest BCUT2D eigenvalue weighted by molar-refractivity contribution is -0.117. The van der Waals surface area contributed by atoms with E-state index in [0.717, 1.165) is 18.7 Å². The second-order valence-corrected chi connectivity index (χ2v) is 5.58. The Hall–Kier alpha value is -2.51. The van der Waals surface area contributed by atoms with Crippen molar-refractivity contribution in [1.82, 2.24) is 19.7 Å². The van der Waals surface area contributed by atoms with Crippen LogP contribution in [0.4, 0.5) is 15.9 Å². The van der Waals surface area contributed by atoms with Crippen molar-refractivity contribution in [3.63, 3.8) is 0 Å². The molecule has 2 aliphatic rings. The van der Waals surface area contributed by atoms with Crippen molar-refractivity contribution in [2.75, 3.05) is 29.4 Å². The van der Waals surface area contributed by atoms with Crippen LogP contribution in [0.3, 0.4) is 0 Å². The molecule has 0 aliphatic carbocycles. The van der Waals surface area contributed by atoms with Gasteiger partial charge in [-0.2, -0.15) is 5.10 Å². The molecule has 114 valence electrons. The third kappa shape index (κ3) is 2.11. The quantitative estimate of drug-likeness (QED) is 0.846. The van der Waals surface area contributed by atoms with Crippen LogP contribution in [-0.2, 0) is 4.79 Å². The third-order valence-corrected chi connectivity index (χ3v) is 4.16. The standard InChI is InChI=1S/C14H15FN6O/c15-12-5-16-9-17-14(12)19-6-11(7-19)21-8-10(4-18-21)20-3-1-2-13(20)22/h4-5,8-9,11H,1-3,6-7H2. The molecule has 2 aromatic rings. The molecule has 2 fully saturated rings. The van der Waals surface area contributed by atoms with E-state index in [1.54, 1.807) is 11.1 Å². The molecule has 0 unspecified atom stereocenters.